The second-order valence-corrected chi connectivity index (χ2v) is 4.53. The van der Waals surface area contributed by atoms with Crippen LogP contribution in [0.15, 0.2) is 30.3 Å². The molecule has 0 aliphatic carbocycles. The van der Waals surface area contributed by atoms with Crippen molar-refractivity contribution in [1.29, 1.82) is 0 Å². The molecule has 0 aliphatic heterocycles. The predicted molar refractivity (Wildman–Crippen MR) is 81.4 cm³/mol. The molecule has 2 amide bonds. The van der Waals surface area contributed by atoms with E-state index < -0.39 is 0 Å². The van der Waals surface area contributed by atoms with Crippen LogP contribution < -0.4 is 10.6 Å². The third-order valence-electron chi connectivity index (χ3n) is 2.91. The van der Waals surface area contributed by atoms with Gasteiger partial charge in [-0.2, -0.15) is 0 Å². The molecular formula is C16H22N2O2. The van der Waals surface area contributed by atoms with Crippen molar-refractivity contribution in [3.63, 3.8) is 0 Å². The fraction of sp³-hybridized carbons (Fsp3) is 0.375. The standard InChI is InChI=1S/C16H22N2O2/c1-3-4-5-12-18-15(19)11-8-13-6-9-14(10-7-13)16(20)17-2/h6-11H,3-5,12H2,1-2H3,(H,17,20)(H,18,19)/b11-8+. The average molecular weight is 274 g/mol. The molecule has 0 aliphatic rings. The summed E-state index contributed by atoms with van der Waals surface area (Å²) >= 11 is 0. The topological polar surface area (TPSA) is 58.2 Å². The van der Waals surface area contributed by atoms with Crippen molar-refractivity contribution >= 4 is 17.9 Å². The zero-order valence-electron chi connectivity index (χ0n) is 12.1. The first-order valence-corrected chi connectivity index (χ1v) is 6.95. The molecule has 0 radical (unpaired) electrons. The van der Waals surface area contributed by atoms with E-state index in [2.05, 4.69) is 17.6 Å². The van der Waals surface area contributed by atoms with Crippen molar-refractivity contribution in [2.24, 2.45) is 0 Å². The van der Waals surface area contributed by atoms with E-state index in [0.717, 1.165) is 24.8 Å². The van der Waals surface area contributed by atoms with Crippen molar-refractivity contribution in [1.82, 2.24) is 10.6 Å². The average Bonchev–Trinajstić information content (AvgIpc) is 2.49. The van der Waals surface area contributed by atoms with Crippen LogP contribution in [0.2, 0.25) is 0 Å². The molecule has 0 saturated carbocycles. The Labute approximate surface area is 120 Å². The molecular weight excluding hydrogens is 252 g/mol. The first-order valence-electron chi connectivity index (χ1n) is 6.95. The minimum atomic E-state index is -0.116. The summed E-state index contributed by atoms with van der Waals surface area (Å²) in [6.07, 6.45) is 6.54. The van der Waals surface area contributed by atoms with Crippen LogP contribution in [-0.2, 0) is 4.79 Å². The van der Waals surface area contributed by atoms with Crippen LogP contribution in [0, 0.1) is 0 Å². The Morgan fingerprint density at radius 2 is 1.85 bits per heavy atom. The lowest BCUT2D eigenvalue weighted by molar-refractivity contribution is -0.116. The number of hydrogen-bond acceptors (Lipinski definition) is 2. The molecule has 0 unspecified atom stereocenters. The van der Waals surface area contributed by atoms with E-state index in [9.17, 15) is 9.59 Å². The summed E-state index contributed by atoms with van der Waals surface area (Å²) in [7, 11) is 1.60. The van der Waals surface area contributed by atoms with E-state index >= 15 is 0 Å². The van der Waals surface area contributed by atoms with Crippen LogP contribution >= 0.6 is 0 Å². The fourth-order valence-electron chi connectivity index (χ4n) is 1.71. The Hall–Kier alpha value is -2.10. The maximum atomic E-state index is 11.5. The zero-order chi connectivity index (χ0) is 14.8. The maximum Gasteiger partial charge on any atom is 0.251 e. The van der Waals surface area contributed by atoms with Crippen molar-refractivity contribution in [3.8, 4) is 0 Å². The molecule has 0 saturated heterocycles. The Morgan fingerprint density at radius 3 is 2.45 bits per heavy atom. The zero-order valence-corrected chi connectivity index (χ0v) is 12.1. The number of hydrogen-bond donors (Lipinski definition) is 2. The number of rotatable bonds is 7. The van der Waals surface area contributed by atoms with Crippen molar-refractivity contribution in [2.45, 2.75) is 26.2 Å². The lowest BCUT2D eigenvalue weighted by Crippen LogP contribution is -2.21. The lowest BCUT2D eigenvalue weighted by atomic mass is 10.1. The van der Waals surface area contributed by atoms with Gasteiger partial charge in [-0.15, -0.1) is 0 Å². The number of carbonyl (C=O) groups is 2. The molecule has 1 rings (SSSR count). The molecule has 0 aromatic heterocycles. The van der Waals surface area contributed by atoms with Crippen LogP contribution in [0.3, 0.4) is 0 Å². The molecule has 0 atom stereocenters. The summed E-state index contributed by atoms with van der Waals surface area (Å²) in [6, 6.07) is 7.09. The van der Waals surface area contributed by atoms with Gasteiger partial charge in [0, 0.05) is 25.2 Å². The Kier molecular flexibility index (Phi) is 7.11. The molecule has 4 nitrogen and oxygen atoms in total. The third kappa shape index (κ3) is 5.69. The summed E-state index contributed by atoms with van der Waals surface area (Å²) < 4.78 is 0. The molecule has 1 aromatic rings. The van der Waals surface area contributed by atoms with E-state index in [-0.39, 0.29) is 11.8 Å². The number of unbranched alkanes of at least 4 members (excludes halogenated alkanes) is 2. The quantitative estimate of drug-likeness (QED) is 0.592. The number of benzene rings is 1. The second kappa shape index (κ2) is 8.91. The summed E-state index contributed by atoms with van der Waals surface area (Å²) in [5.41, 5.74) is 1.50. The highest BCUT2D eigenvalue weighted by atomic mass is 16.2. The molecule has 1 aromatic carbocycles. The van der Waals surface area contributed by atoms with Crippen LogP contribution in [0.4, 0.5) is 0 Å². The Bertz CT molecular complexity index is 464. The van der Waals surface area contributed by atoms with Gasteiger partial charge in [0.15, 0.2) is 0 Å². The van der Waals surface area contributed by atoms with Gasteiger partial charge in [-0.3, -0.25) is 9.59 Å². The van der Waals surface area contributed by atoms with Crippen LogP contribution in [0.1, 0.15) is 42.1 Å². The van der Waals surface area contributed by atoms with Gasteiger partial charge in [-0.25, -0.2) is 0 Å². The van der Waals surface area contributed by atoms with Gasteiger partial charge >= 0.3 is 0 Å². The van der Waals surface area contributed by atoms with Gasteiger partial charge < -0.3 is 10.6 Å². The lowest BCUT2D eigenvalue weighted by Gasteiger charge is -2.01. The molecule has 0 bridgehead atoms. The first kappa shape index (κ1) is 16.0. The van der Waals surface area contributed by atoms with Crippen molar-refractivity contribution in [3.05, 3.63) is 41.5 Å². The minimum absolute atomic E-state index is 0.0866. The molecule has 108 valence electrons. The SMILES string of the molecule is CCCCCNC(=O)/C=C/c1ccc(C(=O)NC)cc1. The Morgan fingerprint density at radius 1 is 1.15 bits per heavy atom. The summed E-state index contributed by atoms with van der Waals surface area (Å²) in [5.74, 6) is -0.203. The Balaban J connectivity index is 2.45. The highest BCUT2D eigenvalue weighted by molar-refractivity contribution is 5.94. The maximum absolute atomic E-state index is 11.5. The highest BCUT2D eigenvalue weighted by Crippen LogP contribution is 2.06. The van der Waals surface area contributed by atoms with Crippen LogP contribution in [0.5, 0.6) is 0 Å². The number of nitrogens with one attached hydrogen (secondary N) is 2. The van der Waals surface area contributed by atoms with Crippen molar-refractivity contribution < 1.29 is 9.59 Å². The normalized spacial score (nSPS) is 10.5. The molecule has 20 heavy (non-hydrogen) atoms. The van der Waals surface area contributed by atoms with E-state index in [0.29, 0.717) is 12.1 Å². The predicted octanol–water partition coefficient (Wildman–Crippen LogP) is 2.37. The van der Waals surface area contributed by atoms with Gasteiger partial charge in [0.1, 0.15) is 0 Å². The second-order valence-electron chi connectivity index (χ2n) is 4.53. The van der Waals surface area contributed by atoms with E-state index in [1.807, 2.05) is 12.1 Å². The minimum Gasteiger partial charge on any atom is -0.355 e. The molecule has 2 N–H and O–H groups in total. The smallest absolute Gasteiger partial charge is 0.251 e. The van der Waals surface area contributed by atoms with Crippen LogP contribution in [0.25, 0.3) is 6.08 Å². The monoisotopic (exact) mass is 274 g/mol. The summed E-state index contributed by atoms with van der Waals surface area (Å²) in [5, 5.41) is 5.40. The fourth-order valence-corrected chi connectivity index (χ4v) is 1.71. The van der Waals surface area contributed by atoms with E-state index in [1.165, 1.54) is 6.08 Å². The number of amides is 2. The van der Waals surface area contributed by atoms with Crippen LogP contribution in [-0.4, -0.2) is 25.4 Å². The molecule has 0 fully saturated rings. The summed E-state index contributed by atoms with van der Waals surface area (Å²) in [4.78, 5) is 22.9. The van der Waals surface area contributed by atoms with Gasteiger partial charge in [-0.1, -0.05) is 31.9 Å². The van der Waals surface area contributed by atoms with E-state index in [4.69, 9.17) is 0 Å². The summed E-state index contributed by atoms with van der Waals surface area (Å²) in [6.45, 7) is 2.84. The molecule has 0 heterocycles. The molecule has 4 heteroatoms. The van der Waals surface area contributed by atoms with Gasteiger partial charge in [-0.05, 0) is 30.2 Å². The van der Waals surface area contributed by atoms with E-state index in [1.54, 1.807) is 25.3 Å². The van der Waals surface area contributed by atoms with Gasteiger partial charge in [0.05, 0.1) is 0 Å². The first-order chi connectivity index (χ1) is 9.67. The van der Waals surface area contributed by atoms with Gasteiger partial charge in [0.2, 0.25) is 5.91 Å². The number of carbonyl (C=O) groups excluding carboxylic acids is 2. The third-order valence-corrected chi connectivity index (χ3v) is 2.91. The highest BCUT2D eigenvalue weighted by Gasteiger charge is 2.01. The largest absolute Gasteiger partial charge is 0.355 e. The molecule has 0 spiro atoms. The van der Waals surface area contributed by atoms with Crippen molar-refractivity contribution in [2.75, 3.05) is 13.6 Å². The van der Waals surface area contributed by atoms with Gasteiger partial charge in [0.25, 0.3) is 5.91 Å².